The van der Waals surface area contributed by atoms with Crippen molar-refractivity contribution in [1.82, 2.24) is 0 Å². The SMILES string of the molecule is CCCCCCCCC[Si](C)(O[Si](C)(C)O[Si](C)(C)C)O[Si](C)(CCCOCC(O)CO)O[Si](C)(C)C. The van der Waals surface area contributed by atoms with Crippen LogP contribution in [0.5, 0.6) is 0 Å². The van der Waals surface area contributed by atoms with Crippen molar-refractivity contribution < 1.29 is 31.4 Å². The van der Waals surface area contributed by atoms with E-state index in [1.807, 2.05) is 0 Å². The zero-order valence-electron chi connectivity index (χ0n) is 26.2. The van der Waals surface area contributed by atoms with Gasteiger partial charge in [0.2, 0.25) is 0 Å². The number of ether oxygens (including phenoxy) is 1. The first-order chi connectivity index (χ1) is 16.8. The average molecular weight is 615 g/mol. The van der Waals surface area contributed by atoms with Crippen LogP contribution in [0.4, 0.5) is 0 Å². The highest BCUT2D eigenvalue weighted by Crippen LogP contribution is 2.32. The molecule has 0 aliphatic carbocycles. The third-order valence-electron chi connectivity index (χ3n) is 5.64. The largest absolute Gasteiger partial charge is 0.437 e. The summed E-state index contributed by atoms with van der Waals surface area (Å²) >= 11 is 0. The first-order valence-corrected chi connectivity index (χ1v) is 29.2. The van der Waals surface area contributed by atoms with Crippen LogP contribution in [0.15, 0.2) is 0 Å². The van der Waals surface area contributed by atoms with Crippen LogP contribution in [0.3, 0.4) is 0 Å². The zero-order valence-corrected chi connectivity index (χ0v) is 31.2. The normalized spacial score (nSPS) is 17.4. The molecule has 0 amide bonds. The van der Waals surface area contributed by atoms with Crippen LogP contribution >= 0.6 is 0 Å². The zero-order chi connectivity index (χ0) is 28.8. The Balaban J connectivity index is 5.52. The summed E-state index contributed by atoms with van der Waals surface area (Å²) in [5.41, 5.74) is 0. The monoisotopic (exact) mass is 614 g/mol. The van der Waals surface area contributed by atoms with Gasteiger partial charge in [0.1, 0.15) is 6.10 Å². The van der Waals surface area contributed by atoms with Crippen LogP contribution in [-0.2, 0) is 21.2 Å². The summed E-state index contributed by atoms with van der Waals surface area (Å²) in [4.78, 5) is 0. The molecule has 0 aromatic carbocycles. The van der Waals surface area contributed by atoms with E-state index >= 15 is 0 Å². The molecule has 2 N–H and O–H groups in total. The molecular formula is C25H62O7Si5. The van der Waals surface area contributed by atoms with Crippen molar-refractivity contribution in [3.8, 4) is 0 Å². The van der Waals surface area contributed by atoms with Gasteiger partial charge in [0, 0.05) is 6.61 Å². The summed E-state index contributed by atoms with van der Waals surface area (Å²) in [7, 11) is -11.1. The smallest absolute Gasteiger partial charge is 0.317 e. The van der Waals surface area contributed by atoms with E-state index in [9.17, 15) is 5.11 Å². The summed E-state index contributed by atoms with van der Waals surface area (Å²) in [5.74, 6) is 0. The standard InChI is InChI=1S/C25H62O7Si5/c1-12-13-14-15-16-17-18-21-37(11,31-35(8,9)29-33(2,3)4)32-36(10,30-34(5,6)7)22-19-20-28-24-25(27)23-26/h25-27H,12-24H2,1-11H3. The highest BCUT2D eigenvalue weighted by Gasteiger charge is 2.48. The van der Waals surface area contributed by atoms with Gasteiger partial charge in [0.25, 0.3) is 0 Å². The molecule has 12 heteroatoms. The maximum absolute atomic E-state index is 9.55. The van der Waals surface area contributed by atoms with Gasteiger partial charge in [-0.05, 0) is 84.0 Å². The molecule has 3 unspecified atom stereocenters. The van der Waals surface area contributed by atoms with Crippen LogP contribution in [0.25, 0.3) is 0 Å². The molecule has 0 saturated heterocycles. The van der Waals surface area contributed by atoms with Gasteiger partial charge < -0.3 is 31.4 Å². The topological polar surface area (TPSA) is 86.6 Å². The fraction of sp³-hybridized carbons (Fsp3) is 1.00. The minimum Gasteiger partial charge on any atom is -0.437 e. The Labute approximate surface area is 235 Å². The van der Waals surface area contributed by atoms with Crippen LogP contribution in [-0.4, -0.2) is 78.5 Å². The summed E-state index contributed by atoms with van der Waals surface area (Å²) in [6.07, 6.45) is 8.80. The van der Waals surface area contributed by atoms with E-state index in [1.54, 1.807) is 0 Å². The Morgan fingerprint density at radius 1 is 0.595 bits per heavy atom. The van der Waals surface area contributed by atoms with Gasteiger partial charge in [-0.2, -0.15) is 0 Å². The molecular weight excluding hydrogens is 553 g/mol. The molecule has 0 spiro atoms. The molecule has 0 aliphatic rings. The van der Waals surface area contributed by atoms with Gasteiger partial charge in [-0.1, -0.05) is 51.9 Å². The van der Waals surface area contributed by atoms with Crippen molar-refractivity contribution in [3.05, 3.63) is 0 Å². The third-order valence-corrected chi connectivity index (χ3v) is 23.9. The van der Waals surface area contributed by atoms with E-state index < -0.39 is 48.4 Å². The predicted octanol–water partition coefficient (Wildman–Crippen LogP) is 7.08. The lowest BCUT2D eigenvalue weighted by Crippen LogP contribution is -2.60. The third kappa shape index (κ3) is 21.2. The fourth-order valence-electron chi connectivity index (χ4n) is 4.80. The van der Waals surface area contributed by atoms with E-state index in [1.165, 1.54) is 38.5 Å². The van der Waals surface area contributed by atoms with E-state index in [-0.39, 0.29) is 13.2 Å². The van der Waals surface area contributed by atoms with Crippen molar-refractivity contribution in [1.29, 1.82) is 0 Å². The Hall–Kier alpha value is 0.804. The van der Waals surface area contributed by atoms with Crippen LogP contribution in [0.2, 0.25) is 77.6 Å². The Bertz CT molecular complexity index is 601. The van der Waals surface area contributed by atoms with Crippen molar-refractivity contribution >= 4 is 42.3 Å². The molecule has 3 atom stereocenters. The maximum atomic E-state index is 9.55. The summed E-state index contributed by atoms with van der Waals surface area (Å²) in [5, 5.41) is 18.6. The predicted molar refractivity (Wildman–Crippen MR) is 168 cm³/mol. The van der Waals surface area contributed by atoms with E-state index in [0.29, 0.717) is 6.61 Å². The number of hydrogen-bond acceptors (Lipinski definition) is 7. The molecule has 0 aromatic rings. The summed E-state index contributed by atoms with van der Waals surface area (Å²) in [6.45, 7) is 24.7. The van der Waals surface area contributed by atoms with Crippen molar-refractivity contribution in [2.75, 3.05) is 19.8 Å². The molecule has 0 saturated carbocycles. The maximum Gasteiger partial charge on any atom is 0.317 e. The van der Waals surface area contributed by atoms with Gasteiger partial charge in [-0.3, -0.25) is 0 Å². The van der Waals surface area contributed by atoms with Crippen molar-refractivity contribution in [3.63, 3.8) is 0 Å². The van der Waals surface area contributed by atoms with E-state index in [2.05, 4.69) is 72.4 Å². The van der Waals surface area contributed by atoms with Gasteiger partial charge in [-0.15, -0.1) is 0 Å². The molecule has 0 aliphatic heterocycles. The lowest BCUT2D eigenvalue weighted by Gasteiger charge is -2.44. The lowest BCUT2D eigenvalue weighted by atomic mass is 10.1. The summed E-state index contributed by atoms with van der Waals surface area (Å²) < 4.78 is 33.1. The molecule has 37 heavy (non-hydrogen) atoms. The Kier molecular flexibility index (Phi) is 18.0. The molecule has 0 radical (unpaired) electrons. The fourth-order valence-corrected chi connectivity index (χ4v) is 28.6. The first-order valence-electron chi connectivity index (χ1n) is 14.5. The van der Waals surface area contributed by atoms with Crippen molar-refractivity contribution in [2.45, 2.75) is 142 Å². The molecule has 0 aromatic heterocycles. The second-order valence-corrected chi connectivity index (χ2v) is 33.2. The van der Waals surface area contributed by atoms with E-state index in [4.69, 9.17) is 26.3 Å². The number of aliphatic hydroxyl groups excluding tert-OH is 2. The molecule has 0 rings (SSSR count). The van der Waals surface area contributed by atoms with Crippen molar-refractivity contribution in [2.24, 2.45) is 0 Å². The van der Waals surface area contributed by atoms with Crippen LogP contribution in [0.1, 0.15) is 58.3 Å². The number of rotatable bonds is 23. The first kappa shape index (κ1) is 37.8. The van der Waals surface area contributed by atoms with Gasteiger partial charge in [-0.25, -0.2) is 0 Å². The Morgan fingerprint density at radius 2 is 1.08 bits per heavy atom. The second kappa shape index (κ2) is 17.6. The molecule has 0 fully saturated rings. The van der Waals surface area contributed by atoms with Crippen LogP contribution < -0.4 is 0 Å². The molecule has 0 bridgehead atoms. The van der Waals surface area contributed by atoms with Gasteiger partial charge >= 0.3 is 25.7 Å². The van der Waals surface area contributed by atoms with Crippen LogP contribution in [0, 0.1) is 0 Å². The molecule has 0 heterocycles. The number of unbranched alkanes of at least 4 members (excludes halogenated alkanes) is 6. The quantitative estimate of drug-likeness (QED) is 0.0939. The average Bonchev–Trinajstić information content (AvgIpc) is 2.68. The number of aliphatic hydroxyl groups is 2. The molecule has 224 valence electrons. The highest BCUT2D eigenvalue weighted by molar-refractivity contribution is 6.90. The summed E-state index contributed by atoms with van der Waals surface area (Å²) in [6, 6.07) is 1.77. The highest BCUT2D eigenvalue weighted by atomic mass is 28.5. The Morgan fingerprint density at radius 3 is 1.59 bits per heavy atom. The minimum absolute atomic E-state index is 0.145. The minimum atomic E-state index is -2.58. The van der Waals surface area contributed by atoms with E-state index in [0.717, 1.165) is 24.9 Å². The lowest BCUT2D eigenvalue weighted by molar-refractivity contribution is 0.00623. The molecule has 7 nitrogen and oxygen atoms in total. The second-order valence-electron chi connectivity index (χ2n) is 13.2. The van der Waals surface area contributed by atoms with Gasteiger partial charge in [0.05, 0.1) is 13.2 Å². The number of hydrogen-bond donors (Lipinski definition) is 2. The van der Waals surface area contributed by atoms with Gasteiger partial charge in [0.15, 0.2) is 16.6 Å².